The minimum atomic E-state index is -6.20. The largest absolute Gasteiger partial charge is 0.472 e. The van der Waals surface area contributed by atoms with Gasteiger partial charge in [0.05, 0.1) is 5.69 Å². The molecule has 0 N–H and O–H groups in total. The number of hydrogen-bond donors (Lipinski definition) is 0. The van der Waals surface area contributed by atoms with Gasteiger partial charge < -0.3 is 16.3 Å². The summed E-state index contributed by atoms with van der Waals surface area (Å²) in [7, 11) is -4.30. The van der Waals surface area contributed by atoms with Crippen LogP contribution in [0.3, 0.4) is 0 Å². The SMILES string of the molecule is Cc1ccccc1[P+](/N=C(\c1ccc(Br)cc1)N(c1c(F)c(F)c(F)c(F)c1F)[B-](Cl)(c1c(F)c(F)c(F)c(F)c1F)c1c(F)c(F)c(F)c(F)c1F)(c1ccccc1C)c1ccccc1C. The highest BCUT2D eigenvalue weighted by atomic mass is 79.9. The lowest BCUT2D eigenvalue weighted by molar-refractivity contribution is 0.380. The minimum absolute atomic E-state index is 0.165. The standard InChI is InChI=1S/C46H25BBrClF15N2P/c1-20-10-4-7-13-25(20)67(26-14-8-5-11-21(26)2,27-15-9-6-12-22(27)3)65-46(23-16-18-24(48)19-17-23)66(45-43(63)41(61)40(60)42(62)44(45)64)47(49,28-30(50)34(54)38(58)35(55)31(28)51)29-32(52)36(56)39(59)37(57)33(29)53/h4-19H,1-3H3/b65-46+. The van der Waals surface area contributed by atoms with Crippen LogP contribution in [0.2, 0.25) is 0 Å². The van der Waals surface area contributed by atoms with Gasteiger partial charge in [-0.25, -0.2) is 65.9 Å². The second-order valence-corrected chi connectivity index (χ2v) is 19.4. The third-order valence-corrected chi connectivity index (χ3v) is 16.3. The molecule has 0 fully saturated rings. The molecule has 0 spiro atoms. The zero-order valence-corrected chi connectivity index (χ0v) is 37.3. The van der Waals surface area contributed by atoms with Crippen LogP contribution in [0.4, 0.5) is 71.5 Å². The number of nitrogens with zero attached hydrogens (tertiary/aromatic N) is 2. The predicted molar refractivity (Wildman–Crippen MR) is 232 cm³/mol. The molecule has 7 rings (SSSR count). The van der Waals surface area contributed by atoms with Crippen LogP contribution < -0.4 is 31.7 Å². The lowest BCUT2D eigenvalue weighted by Crippen LogP contribution is -2.73. The Morgan fingerprint density at radius 1 is 0.433 bits per heavy atom. The molecule has 0 atom stereocenters. The number of aryl methyl sites for hydroxylation is 3. The Balaban J connectivity index is 1.92. The maximum Gasteiger partial charge on any atom is 0.243 e. The Morgan fingerprint density at radius 3 is 1.03 bits per heavy atom. The average Bonchev–Trinajstić information content (AvgIpc) is 3.31. The van der Waals surface area contributed by atoms with Crippen molar-refractivity contribution < 1.29 is 65.9 Å². The van der Waals surface area contributed by atoms with Crippen LogP contribution in [0.25, 0.3) is 0 Å². The fourth-order valence-corrected chi connectivity index (χ4v) is 13.0. The normalized spacial score (nSPS) is 12.3. The van der Waals surface area contributed by atoms with E-state index in [1.807, 2.05) is 0 Å². The molecule has 0 aliphatic rings. The average molecular weight is 1050 g/mol. The van der Waals surface area contributed by atoms with Crippen LogP contribution in [-0.4, -0.2) is 11.5 Å². The maximum atomic E-state index is 16.9. The number of anilines is 1. The summed E-state index contributed by atoms with van der Waals surface area (Å²) in [5.41, 5.74) is -13.9. The zero-order chi connectivity index (χ0) is 49.2. The van der Waals surface area contributed by atoms with Gasteiger partial charge in [-0.15, -0.1) is 0 Å². The lowest BCUT2D eigenvalue weighted by atomic mass is 9.45. The summed E-state index contributed by atoms with van der Waals surface area (Å²) in [6.07, 6.45) is 0. The molecule has 7 aromatic rings. The predicted octanol–water partition coefficient (Wildman–Crippen LogP) is 12.1. The second-order valence-electron chi connectivity index (χ2n) is 14.9. The van der Waals surface area contributed by atoms with Crippen LogP contribution in [0.1, 0.15) is 22.3 Å². The van der Waals surface area contributed by atoms with E-state index < -0.39 is 133 Å². The molecule has 0 bridgehead atoms. The van der Waals surface area contributed by atoms with E-state index in [4.69, 9.17) is 16.2 Å². The molecule has 2 nitrogen and oxygen atoms in total. The molecule has 7 aromatic carbocycles. The molecule has 0 aliphatic carbocycles. The molecule has 0 aliphatic heterocycles. The molecule has 0 radical (unpaired) electrons. The molecule has 0 aromatic heterocycles. The monoisotopic (exact) mass is 1050 g/mol. The van der Waals surface area contributed by atoms with E-state index >= 15 is 57.1 Å². The number of amidine groups is 1. The highest BCUT2D eigenvalue weighted by Crippen LogP contribution is 2.60. The fourth-order valence-electron chi connectivity index (χ4n) is 7.89. The molecule has 346 valence electrons. The first-order valence-corrected chi connectivity index (χ1v) is 22.1. The molecule has 0 heterocycles. The minimum Gasteiger partial charge on any atom is -0.472 e. The van der Waals surface area contributed by atoms with Crippen LogP contribution in [0.15, 0.2) is 106 Å². The topological polar surface area (TPSA) is 15.6 Å². The Bertz CT molecular complexity index is 2930. The Labute approximate surface area is 384 Å². The van der Waals surface area contributed by atoms with Crippen molar-refractivity contribution in [2.75, 3.05) is 4.81 Å². The quantitative estimate of drug-likeness (QED) is 0.0268. The van der Waals surface area contributed by atoms with Crippen molar-refractivity contribution in [1.29, 1.82) is 0 Å². The van der Waals surface area contributed by atoms with Gasteiger partial charge in [-0.2, -0.15) is 0 Å². The smallest absolute Gasteiger partial charge is 0.243 e. The Kier molecular flexibility index (Phi) is 13.5. The van der Waals surface area contributed by atoms with Gasteiger partial charge in [-0.3, -0.25) is 0 Å². The molecule has 0 saturated carbocycles. The highest BCUT2D eigenvalue weighted by molar-refractivity contribution is 9.10. The van der Waals surface area contributed by atoms with E-state index in [0.717, 1.165) is 24.3 Å². The van der Waals surface area contributed by atoms with Crippen molar-refractivity contribution in [2.24, 2.45) is 4.76 Å². The highest BCUT2D eigenvalue weighted by Gasteiger charge is 2.54. The van der Waals surface area contributed by atoms with Gasteiger partial charge >= 0.3 is 0 Å². The first kappa shape index (κ1) is 49.1. The molecular weight excluding hydrogens is 1020 g/mol. The number of benzene rings is 7. The summed E-state index contributed by atoms with van der Waals surface area (Å²) >= 11 is 10.2. The van der Waals surface area contributed by atoms with E-state index in [1.165, 1.54) is 36.4 Å². The van der Waals surface area contributed by atoms with Crippen molar-refractivity contribution in [3.63, 3.8) is 0 Å². The van der Waals surface area contributed by atoms with E-state index in [2.05, 4.69) is 15.9 Å². The summed E-state index contributed by atoms with van der Waals surface area (Å²) in [6.45, 7) is 4.70. The molecule has 0 saturated heterocycles. The van der Waals surface area contributed by atoms with Crippen LogP contribution in [-0.2, 0) is 0 Å². The summed E-state index contributed by atoms with van der Waals surface area (Å²) in [4.78, 5) is -0.665. The van der Waals surface area contributed by atoms with Gasteiger partial charge in [0, 0.05) is 10.0 Å². The third-order valence-electron chi connectivity index (χ3n) is 11.0. The summed E-state index contributed by atoms with van der Waals surface area (Å²) < 4.78 is 244. The molecule has 0 unspecified atom stereocenters. The lowest BCUT2D eigenvalue weighted by Gasteiger charge is -2.50. The Hall–Kier alpha value is -5.78. The van der Waals surface area contributed by atoms with Gasteiger partial charge in [0.25, 0.3) is 0 Å². The number of halogens is 17. The number of hydrogen-bond acceptors (Lipinski definition) is 1. The molecular formula is C46H25BBrClF15N2P. The molecule has 21 heteroatoms. The maximum absolute atomic E-state index is 16.9. The van der Waals surface area contributed by atoms with Crippen LogP contribution in [0.5, 0.6) is 0 Å². The summed E-state index contributed by atoms with van der Waals surface area (Å²) in [5, 5.41) is 0.599. The molecule has 0 amide bonds. The first-order valence-electron chi connectivity index (χ1n) is 19.2. The van der Waals surface area contributed by atoms with E-state index in [-0.39, 0.29) is 20.4 Å². The van der Waals surface area contributed by atoms with Crippen molar-refractivity contribution >= 4 is 78.9 Å². The summed E-state index contributed by atoms with van der Waals surface area (Å²) in [6, 6.07) is 22.6. The molecule has 67 heavy (non-hydrogen) atoms. The van der Waals surface area contributed by atoms with Crippen molar-refractivity contribution in [3.05, 3.63) is 211 Å². The van der Waals surface area contributed by atoms with Crippen molar-refractivity contribution in [3.8, 4) is 0 Å². The third kappa shape index (κ3) is 7.76. The Morgan fingerprint density at radius 2 is 0.716 bits per heavy atom. The number of rotatable bonds is 9. The van der Waals surface area contributed by atoms with Gasteiger partial charge in [0.1, 0.15) is 45.0 Å². The van der Waals surface area contributed by atoms with Crippen LogP contribution >= 0.6 is 34.8 Å². The van der Waals surface area contributed by atoms with Gasteiger partial charge in [0.15, 0.2) is 58.2 Å². The summed E-state index contributed by atoms with van der Waals surface area (Å²) in [5.74, 6) is -47.0. The fraction of sp³-hybridized carbons (Fsp3) is 0.0652. The first-order chi connectivity index (χ1) is 31.5. The van der Waals surface area contributed by atoms with Gasteiger partial charge in [-0.1, -0.05) is 98.3 Å². The van der Waals surface area contributed by atoms with Gasteiger partial charge in [-0.05, 0) is 67.8 Å². The van der Waals surface area contributed by atoms with Crippen LogP contribution in [0, 0.1) is 108 Å². The van der Waals surface area contributed by atoms with E-state index in [0.29, 0.717) is 16.7 Å². The van der Waals surface area contributed by atoms with Gasteiger partial charge in [0.2, 0.25) is 18.9 Å². The zero-order valence-electron chi connectivity index (χ0n) is 34.1. The van der Waals surface area contributed by atoms with Crippen molar-refractivity contribution in [1.82, 2.24) is 0 Å². The van der Waals surface area contributed by atoms with E-state index in [1.54, 1.807) is 57.2 Å². The second kappa shape index (κ2) is 18.4. The van der Waals surface area contributed by atoms with E-state index in [9.17, 15) is 8.78 Å². The van der Waals surface area contributed by atoms with Crippen molar-refractivity contribution in [2.45, 2.75) is 20.8 Å².